The van der Waals surface area contributed by atoms with Crippen LogP contribution in [-0.2, 0) is 28.2 Å². The molecule has 9 nitrogen and oxygen atoms in total. The number of ether oxygens (including phenoxy) is 3. The number of halogens is 1. The van der Waals surface area contributed by atoms with Crippen molar-refractivity contribution in [2.75, 3.05) is 7.11 Å². The number of aliphatic hydroxyl groups excluding tert-OH is 1. The molecule has 1 amide bonds. The molecule has 0 fully saturated rings. The van der Waals surface area contributed by atoms with Crippen molar-refractivity contribution < 1.29 is 38.8 Å². The Labute approximate surface area is 269 Å². The molecule has 46 heavy (non-hydrogen) atoms. The van der Waals surface area contributed by atoms with Crippen LogP contribution in [0.3, 0.4) is 0 Å². The molecule has 0 aromatic heterocycles. The number of allylic oxidation sites excluding steroid dienone is 3. The van der Waals surface area contributed by atoms with Crippen LogP contribution >= 0.6 is 11.6 Å². The molecule has 0 bridgehead atoms. The van der Waals surface area contributed by atoms with E-state index in [4.69, 9.17) is 25.8 Å². The third-order valence-electron chi connectivity index (χ3n) is 8.54. The number of amides is 1. The molecule has 234 valence electrons. The summed E-state index contributed by atoms with van der Waals surface area (Å²) in [5.74, 6) is -2.32. The highest BCUT2D eigenvalue weighted by atomic mass is 35.5. The standard InChI is InChI=1S/C36H30ClNO8/c1-18-13-27(45-17-20-9-5-8-12-24(20)37)22-11-7-6-10-21(22)23(18)16-38-35(43)31-28(44-4)14-26(41)32-33(31)46-29-15-25(40)30(19(2)39)34(42)36(29,32)3/h5-15,40-41H,16-17H2,1-4H3,(H,38,43)/t36-/m1/s1. The summed E-state index contributed by atoms with van der Waals surface area (Å²) in [7, 11) is 1.34. The fourth-order valence-corrected chi connectivity index (χ4v) is 6.33. The summed E-state index contributed by atoms with van der Waals surface area (Å²) in [4.78, 5) is 39.7. The van der Waals surface area contributed by atoms with Crippen molar-refractivity contribution in [2.45, 2.75) is 39.3 Å². The van der Waals surface area contributed by atoms with Gasteiger partial charge in [-0.05, 0) is 49.4 Å². The van der Waals surface area contributed by atoms with Gasteiger partial charge in [-0.2, -0.15) is 0 Å². The van der Waals surface area contributed by atoms with E-state index in [1.165, 1.54) is 27.0 Å². The molecular formula is C36H30ClNO8. The van der Waals surface area contributed by atoms with E-state index in [1.54, 1.807) is 0 Å². The van der Waals surface area contributed by atoms with Crippen molar-refractivity contribution in [3.8, 4) is 23.0 Å². The number of fused-ring (bicyclic) bond motifs is 4. The first-order valence-corrected chi connectivity index (χ1v) is 14.8. The first-order chi connectivity index (χ1) is 22.0. The fraction of sp³-hybridized carbons (Fsp3) is 0.194. The number of aromatic hydroxyl groups is 1. The van der Waals surface area contributed by atoms with E-state index < -0.39 is 34.2 Å². The Hall–Kier alpha value is -5.28. The molecule has 0 spiro atoms. The number of methoxy groups -OCH3 is 1. The highest BCUT2D eigenvalue weighted by Crippen LogP contribution is 2.56. The monoisotopic (exact) mass is 639 g/mol. The molecular weight excluding hydrogens is 610 g/mol. The second-order valence-electron chi connectivity index (χ2n) is 11.3. The molecule has 1 atom stereocenters. The van der Waals surface area contributed by atoms with Crippen molar-refractivity contribution in [1.82, 2.24) is 5.32 Å². The summed E-state index contributed by atoms with van der Waals surface area (Å²) >= 11 is 6.33. The normalized spacial score (nSPS) is 16.8. The predicted octanol–water partition coefficient (Wildman–Crippen LogP) is 6.54. The third-order valence-corrected chi connectivity index (χ3v) is 8.91. The lowest BCUT2D eigenvalue weighted by molar-refractivity contribution is -0.123. The summed E-state index contributed by atoms with van der Waals surface area (Å²) in [6.07, 6.45) is 1.16. The zero-order chi connectivity index (χ0) is 32.9. The van der Waals surface area contributed by atoms with Crippen LogP contribution in [0.5, 0.6) is 23.0 Å². The molecule has 4 aromatic rings. The topological polar surface area (TPSA) is 131 Å². The summed E-state index contributed by atoms with van der Waals surface area (Å²) in [6, 6.07) is 18.3. The Kier molecular flexibility index (Phi) is 7.73. The number of carbonyl (C=O) groups is 3. The Morgan fingerprint density at radius 1 is 1.02 bits per heavy atom. The molecule has 0 saturated heterocycles. The largest absolute Gasteiger partial charge is 0.507 e. The van der Waals surface area contributed by atoms with Gasteiger partial charge in [-0.1, -0.05) is 54.1 Å². The number of ketones is 2. The Bertz CT molecular complexity index is 2050. The van der Waals surface area contributed by atoms with Crippen LogP contribution in [0.2, 0.25) is 5.02 Å². The van der Waals surface area contributed by atoms with Crippen LogP contribution in [0.4, 0.5) is 0 Å². The molecule has 1 aliphatic heterocycles. The van der Waals surface area contributed by atoms with Crippen molar-refractivity contribution in [1.29, 1.82) is 0 Å². The van der Waals surface area contributed by atoms with E-state index in [-0.39, 0.29) is 47.3 Å². The number of nitrogens with one attached hydrogen (secondary N) is 1. The number of carbonyl (C=O) groups excluding carboxylic acids is 3. The molecule has 0 saturated carbocycles. The minimum atomic E-state index is -1.65. The highest BCUT2D eigenvalue weighted by molar-refractivity contribution is 6.31. The van der Waals surface area contributed by atoms with Crippen molar-refractivity contribution in [3.05, 3.63) is 117 Å². The van der Waals surface area contributed by atoms with Gasteiger partial charge in [0.2, 0.25) is 0 Å². The van der Waals surface area contributed by atoms with E-state index in [0.29, 0.717) is 10.8 Å². The van der Waals surface area contributed by atoms with Crippen LogP contribution in [-0.4, -0.2) is 34.8 Å². The number of phenols is 1. The van der Waals surface area contributed by atoms with Gasteiger partial charge in [0, 0.05) is 34.7 Å². The summed E-state index contributed by atoms with van der Waals surface area (Å²) in [5, 5.41) is 26.8. The van der Waals surface area contributed by atoms with Crippen LogP contribution in [0, 0.1) is 6.92 Å². The fourth-order valence-electron chi connectivity index (χ4n) is 6.14. The minimum Gasteiger partial charge on any atom is -0.507 e. The van der Waals surface area contributed by atoms with Gasteiger partial charge < -0.3 is 29.7 Å². The average Bonchev–Trinajstić information content (AvgIpc) is 3.33. The van der Waals surface area contributed by atoms with Gasteiger partial charge in [0.15, 0.2) is 17.3 Å². The van der Waals surface area contributed by atoms with E-state index in [0.717, 1.165) is 33.5 Å². The molecule has 3 N–H and O–H groups in total. The molecule has 6 rings (SSSR count). The summed E-state index contributed by atoms with van der Waals surface area (Å²) in [6.45, 7) is 4.96. The lowest BCUT2D eigenvalue weighted by Gasteiger charge is -2.27. The smallest absolute Gasteiger partial charge is 0.259 e. The van der Waals surface area contributed by atoms with Gasteiger partial charge in [0.25, 0.3) is 5.91 Å². The molecule has 1 heterocycles. The number of Topliss-reactive ketones (excluding diaryl/α,β-unsaturated/α-hetero) is 2. The SMILES string of the molecule is COc1cc(O)c2c(c1C(=O)NCc1c(C)cc(OCc3ccccc3Cl)c3ccccc13)OC1=CC(O)=C(C(C)=O)C(=O)[C@]12C. The van der Waals surface area contributed by atoms with Crippen LogP contribution in [0.25, 0.3) is 10.8 Å². The van der Waals surface area contributed by atoms with Crippen molar-refractivity contribution >= 4 is 39.8 Å². The van der Waals surface area contributed by atoms with Crippen LogP contribution in [0.1, 0.15) is 46.5 Å². The first-order valence-electron chi connectivity index (χ1n) is 14.5. The minimum absolute atomic E-state index is 0.00241. The maximum Gasteiger partial charge on any atom is 0.259 e. The van der Waals surface area contributed by atoms with E-state index in [9.17, 15) is 24.6 Å². The molecule has 4 aromatic carbocycles. The van der Waals surface area contributed by atoms with Gasteiger partial charge in [-0.15, -0.1) is 0 Å². The average molecular weight is 640 g/mol. The molecule has 1 aliphatic carbocycles. The van der Waals surface area contributed by atoms with Crippen LogP contribution < -0.4 is 19.5 Å². The second kappa shape index (κ2) is 11.6. The maximum atomic E-state index is 13.9. The van der Waals surface area contributed by atoms with Gasteiger partial charge in [0.1, 0.15) is 51.9 Å². The lowest BCUT2D eigenvalue weighted by atomic mass is 9.71. The lowest BCUT2D eigenvalue weighted by Crippen LogP contribution is -2.38. The van der Waals surface area contributed by atoms with Gasteiger partial charge in [-0.25, -0.2) is 0 Å². The van der Waals surface area contributed by atoms with E-state index in [1.807, 2.05) is 61.5 Å². The van der Waals surface area contributed by atoms with E-state index >= 15 is 0 Å². The number of aryl methyl sites for hydroxylation is 1. The maximum absolute atomic E-state index is 13.9. The zero-order valence-electron chi connectivity index (χ0n) is 25.5. The first kappa shape index (κ1) is 30.7. The number of benzene rings is 4. The zero-order valence-corrected chi connectivity index (χ0v) is 26.2. The number of aliphatic hydroxyl groups is 1. The van der Waals surface area contributed by atoms with Gasteiger partial charge in [0.05, 0.1) is 12.7 Å². The highest BCUT2D eigenvalue weighted by Gasteiger charge is 2.55. The van der Waals surface area contributed by atoms with Crippen molar-refractivity contribution in [2.24, 2.45) is 0 Å². The number of phenolic OH excluding ortho intramolecular Hbond substituents is 1. The van der Waals surface area contributed by atoms with Gasteiger partial charge in [-0.3, -0.25) is 14.4 Å². The number of rotatable bonds is 8. The Morgan fingerprint density at radius 3 is 2.41 bits per heavy atom. The molecule has 2 aliphatic rings. The molecule has 10 heteroatoms. The second-order valence-corrected chi connectivity index (χ2v) is 11.7. The Morgan fingerprint density at radius 2 is 1.72 bits per heavy atom. The van der Waals surface area contributed by atoms with Gasteiger partial charge >= 0.3 is 0 Å². The predicted molar refractivity (Wildman–Crippen MR) is 172 cm³/mol. The number of hydrogen-bond acceptors (Lipinski definition) is 8. The third kappa shape index (κ3) is 4.84. The van der Waals surface area contributed by atoms with E-state index in [2.05, 4.69) is 5.32 Å². The van der Waals surface area contributed by atoms with Crippen molar-refractivity contribution in [3.63, 3.8) is 0 Å². The number of hydrogen-bond donors (Lipinski definition) is 3. The molecule has 0 radical (unpaired) electrons. The molecule has 0 unspecified atom stereocenters. The summed E-state index contributed by atoms with van der Waals surface area (Å²) < 4.78 is 17.7. The Balaban J connectivity index is 1.34. The quantitative estimate of drug-likeness (QED) is 0.185. The van der Waals surface area contributed by atoms with Crippen LogP contribution in [0.15, 0.2) is 83.8 Å². The summed E-state index contributed by atoms with van der Waals surface area (Å²) in [5.41, 5.74) is 0.469.